The maximum absolute atomic E-state index is 4.79. The molecule has 0 saturated heterocycles. The van der Waals surface area contributed by atoms with E-state index in [0.717, 1.165) is 38.4 Å². The quantitative estimate of drug-likeness (QED) is 0.696. The lowest BCUT2D eigenvalue weighted by atomic mass is 10.2. The summed E-state index contributed by atoms with van der Waals surface area (Å²) in [7, 11) is 0. The highest BCUT2D eigenvalue weighted by molar-refractivity contribution is 5.97. The standard InChI is InChI=1S/C18H22N4/c1-2-20-18(21-12-9-15-6-5-11-19-14-15)22-13-10-16-7-3-4-8-17(16)22/h3-8,11,14H,2,9-10,12-13H2,1H3,(H,20,21). The van der Waals surface area contributed by atoms with Gasteiger partial charge in [-0.3, -0.25) is 9.98 Å². The molecule has 0 unspecified atom stereocenters. The minimum absolute atomic E-state index is 0.771. The van der Waals surface area contributed by atoms with Crippen LogP contribution in [-0.2, 0) is 12.8 Å². The van der Waals surface area contributed by atoms with Crippen LogP contribution in [0.3, 0.4) is 0 Å². The molecule has 1 aliphatic rings. The van der Waals surface area contributed by atoms with Crippen molar-refractivity contribution in [3.05, 3.63) is 59.9 Å². The van der Waals surface area contributed by atoms with Gasteiger partial charge in [-0.2, -0.15) is 0 Å². The van der Waals surface area contributed by atoms with Gasteiger partial charge in [-0.05, 0) is 43.0 Å². The summed E-state index contributed by atoms with van der Waals surface area (Å²) < 4.78 is 0. The average molecular weight is 294 g/mol. The number of aliphatic imine (C=N–C) groups is 1. The first-order valence-electron chi connectivity index (χ1n) is 7.91. The molecule has 1 aromatic carbocycles. The summed E-state index contributed by atoms with van der Waals surface area (Å²) in [5, 5.41) is 3.41. The Bertz CT molecular complexity index is 637. The van der Waals surface area contributed by atoms with Crippen molar-refractivity contribution in [3.63, 3.8) is 0 Å². The first-order chi connectivity index (χ1) is 10.9. The number of rotatable bonds is 4. The summed E-state index contributed by atoms with van der Waals surface area (Å²) in [4.78, 5) is 11.2. The molecule has 0 spiro atoms. The number of nitrogens with one attached hydrogen (secondary N) is 1. The Kier molecular flexibility index (Phi) is 4.68. The van der Waals surface area contributed by atoms with Crippen LogP contribution >= 0.6 is 0 Å². The van der Waals surface area contributed by atoms with Gasteiger partial charge in [-0.1, -0.05) is 24.3 Å². The Hall–Kier alpha value is -2.36. The summed E-state index contributed by atoms with van der Waals surface area (Å²) in [6, 6.07) is 12.7. The number of para-hydroxylation sites is 1. The van der Waals surface area contributed by atoms with Gasteiger partial charge in [0.05, 0.1) is 0 Å². The predicted octanol–water partition coefficient (Wildman–Crippen LogP) is 2.65. The fourth-order valence-corrected chi connectivity index (χ4v) is 2.79. The van der Waals surface area contributed by atoms with E-state index in [-0.39, 0.29) is 0 Å². The maximum Gasteiger partial charge on any atom is 0.198 e. The van der Waals surface area contributed by atoms with E-state index in [0.29, 0.717) is 0 Å². The monoisotopic (exact) mass is 294 g/mol. The lowest BCUT2D eigenvalue weighted by Crippen LogP contribution is -2.40. The van der Waals surface area contributed by atoms with Crippen molar-refractivity contribution < 1.29 is 0 Å². The van der Waals surface area contributed by atoms with Gasteiger partial charge in [0.1, 0.15) is 0 Å². The molecule has 0 amide bonds. The van der Waals surface area contributed by atoms with Gasteiger partial charge in [0.15, 0.2) is 5.96 Å². The number of pyridine rings is 1. The van der Waals surface area contributed by atoms with Crippen LogP contribution in [0.1, 0.15) is 18.1 Å². The number of aromatic nitrogens is 1. The molecule has 4 heteroatoms. The number of hydrogen-bond acceptors (Lipinski definition) is 2. The molecule has 0 radical (unpaired) electrons. The van der Waals surface area contributed by atoms with E-state index in [9.17, 15) is 0 Å². The number of benzene rings is 1. The smallest absolute Gasteiger partial charge is 0.198 e. The lowest BCUT2D eigenvalue weighted by molar-refractivity contribution is 0.870. The first kappa shape index (κ1) is 14.6. The van der Waals surface area contributed by atoms with Crippen LogP contribution in [0.4, 0.5) is 5.69 Å². The van der Waals surface area contributed by atoms with E-state index in [1.807, 2.05) is 12.3 Å². The maximum atomic E-state index is 4.79. The van der Waals surface area contributed by atoms with Gasteiger partial charge in [0, 0.05) is 37.7 Å². The van der Waals surface area contributed by atoms with Crippen LogP contribution in [0.2, 0.25) is 0 Å². The fourth-order valence-electron chi connectivity index (χ4n) is 2.79. The SMILES string of the molecule is CCNC(=NCCc1cccnc1)N1CCc2ccccc21. The second-order valence-corrected chi connectivity index (χ2v) is 5.38. The highest BCUT2D eigenvalue weighted by Crippen LogP contribution is 2.27. The fraction of sp³-hybridized carbons (Fsp3) is 0.333. The molecule has 0 saturated carbocycles. The number of hydrogen-bond donors (Lipinski definition) is 1. The predicted molar refractivity (Wildman–Crippen MR) is 91.4 cm³/mol. The van der Waals surface area contributed by atoms with E-state index in [1.54, 1.807) is 6.20 Å². The topological polar surface area (TPSA) is 40.5 Å². The Balaban J connectivity index is 1.71. The van der Waals surface area contributed by atoms with Crippen molar-refractivity contribution in [2.24, 2.45) is 4.99 Å². The minimum Gasteiger partial charge on any atom is -0.356 e. The molecule has 1 aromatic heterocycles. The molecule has 22 heavy (non-hydrogen) atoms. The Morgan fingerprint density at radius 2 is 2.18 bits per heavy atom. The number of anilines is 1. The summed E-state index contributed by atoms with van der Waals surface area (Å²) in [5.41, 5.74) is 3.91. The van der Waals surface area contributed by atoms with Crippen LogP contribution < -0.4 is 10.2 Å². The molecule has 0 atom stereocenters. The molecular weight excluding hydrogens is 272 g/mol. The zero-order chi connectivity index (χ0) is 15.2. The number of fused-ring (bicyclic) bond motifs is 1. The van der Waals surface area contributed by atoms with Crippen molar-refractivity contribution in [1.29, 1.82) is 0 Å². The molecule has 2 aromatic rings. The third kappa shape index (κ3) is 3.27. The Morgan fingerprint density at radius 3 is 3.00 bits per heavy atom. The first-order valence-corrected chi connectivity index (χ1v) is 7.91. The van der Waals surface area contributed by atoms with Crippen molar-refractivity contribution in [2.45, 2.75) is 19.8 Å². The van der Waals surface area contributed by atoms with Crippen LogP contribution in [-0.4, -0.2) is 30.6 Å². The molecular formula is C18H22N4. The van der Waals surface area contributed by atoms with Crippen molar-refractivity contribution >= 4 is 11.6 Å². The second kappa shape index (κ2) is 7.07. The Morgan fingerprint density at radius 1 is 1.27 bits per heavy atom. The number of guanidine groups is 1. The van der Waals surface area contributed by atoms with Crippen LogP contribution in [0.15, 0.2) is 53.8 Å². The third-order valence-corrected chi connectivity index (χ3v) is 3.86. The van der Waals surface area contributed by atoms with Crippen molar-refractivity contribution in [3.8, 4) is 0 Å². The van der Waals surface area contributed by atoms with E-state index in [1.165, 1.54) is 16.8 Å². The van der Waals surface area contributed by atoms with Crippen LogP contribution in [0, 0.1) is 0 Å². The van der Waals surface area contributed by atoms with Crippen molar-refractivity contribution in [1.82, 2.24) is 10.3 Å². The Labute approximate surface area is 131 Å². The minimum atomic E-state index is 0.771. The average Bonchev–Trinajstić information content (AvgIpc) is 2.99. The molecule has 1 aliphatic heterocycles. The summed E-state index contributed by atoms with van der Waals surface area (Å²) in [6.45, 7) is 4.76. The molecule has 2 heterocycles. The van der Waals surface area contributed by atoms with E-state index < -0.39 is 0 Å². The van der Waals surface area contributed by atoms with Gasteiger partial charge in [-0.15, -0.1) is 0 Å². The molecule has 4 nitrogen and oxygen atoms in total. The highest BCUT2D eigenvalue weighted by Gasteiger charge is 2.22. The molecule has 3 rings (SSSR count). The summed E-state index contributed by atoms with van der Waals surface area (Å²) >= 11 is 0. The zero-order valence-corrected chi connectivity index (χ0v) is 13.0. The summed E-state index contributed by atoms with van der Waals surface area (Å²) in [5.74, 6) is 0.983. The van der Waals surface area contributed by atoms with Gasteiger partial charge < -0.3 is 10.2 Å². The number of nitrogens with zero attached hydrogens (tertiary/aromatic N) is 3. The van der Waals surface area contributed by atoms with Crippen LogP contribution in [0.25, 0.3) is 0 Å². The third-order valence-electron chi connectivity index (χ3n) is 3.86. The largest absolute Gasteiger partial charge is 0.356 e. The zero-order valence-electron chi connectivity index (χ0n) is 13.0. The molecule has 0 bridgehead atoms. The highest BCUT2D eigenvalue weighted by atomic mass is 15.3. The molecule has 1 N–H and O–H groups in total. The van der Waals surface area contributed by atoms with Gasteiger partial charge in [-0.25, -0.2) is 0 Å². The van der Waals surface area contributed by atoms with Gasteiger partial charge in [0.25, 0.3) is 0 Å². The van der Waals surface area contributed by atoms with Gasteiger partial charge in [0.2, 0.25) is 0 Å². The molecule has 114 valence electrons. The van der Waals surface area contributed by atoms with Crippen molar-refractivity contribution in [2.75, 3.05) is 24.5 Å². The molecule has 0 aliphatic carbocycles. The van der Waals surface area contributed by atoms with E-state index in [4.69, 9.17) is 4.99 Å². The second-order valence-electron chi connectivity index (χ2n) is 5.38. The molecule has 0 fully saturated rings. The summed E-state index contributed by atoms with van der Waals surface area (Å²) in [6.07, 6.45) is 5.72. The van der Waals surface area contributed by atoms with Gasteiger partial charge >= 0.3 is 0 Å². The van der Waals surface area contributed by atoms with E-state index in [2.05, 4.69) is 52.5 Å². The van der Waals surface area contributed by atoms with E-state index >= 15 is 0 Å². The lowest BCUT2D eigenvalue weighted by Gasteiger charge is -2.22. The van der Waals surface area contributed by atoms with Crippen LogP contribution in [0.5, 0.6) is 0 Å². The normalized spacial score (nSPS) is 14.0.